The Kier molecular flexibility index (Phi) is 7.07. The predicted octanol–water partition coefficient (Wildman–Crippen LogP) is 1.32. The van der Waals surface area contributed by atoms with Crippen LogP contribution in [0.15, 0.2) is 22.7 Å². The molecule has 0 spiro atoms. The number of halogens is 2. The third-order valence-electron chi connectivity index (χ3n) is 3.34. The number of nitrogens with one attached hydrogen (secondary N) is 4. The van der Waals surface area contributed by atoms with Gasteiger partial charge >= 0.3 is 0 Å². The van der Waals surface area contributed by atoms with Crippen LogP contribution in [0.5, 0.6) is 0 Å². The van der Waals surface area contributed by atoms with Gasteiger partial charge in [0.05, 0.1) is 25.4 Å². The number of benzene rings is 1. The van der Waals surface area contributed by atoms with E-state index in [9.17, 15) is 4.79 Å². The first-order chi connectivity index (χ1) is 10.6. The monoisotopic (exact) mass is 390 g/mol. The third-order valence-corrected chi connectivity index (χ3v) is 4.18. The molecule has 1 aliphatic rings. The molecule has 0 aliphatic carbocycles. The van der Waals surface area contributed by atoms with Crippen LogP contribution in [0.3, 0.4) is 0 Å². The molecule has 6 nitrogen and oxygen atoms in total. The molecule has 0 radical (unpaired) electrons. The maximum Gasteiger partial charge on any atom is 0.235 e. The molecule has 1 fully saturated rings. The van der Waals surface area contributed by atoms with Crippen LogP contribution in [-0.2, 0) is 9.53 Å². The van der Waals surface area contributed by atoms with Crippen molar-refractivity contribution >= 4 is 33.4 Å². The fourth-order valence-electron chi connectivity index (χ4n) is 2.26. The predicted molar refractivity (Wildman–Crippen MR) is 89.5 cm³/mol. The molecular weight excluding hydrogens is 372 g/mol. The van der Waals surface area contributed by atoms with E-state index in [-0.39, 0.29) is 24.7 Å². The lowest BCUT2D eigenvalue weighted by Gasteiger charge is -2.13. The maximum absolute atomic E-state index is 11.8. The molecule has 2 rings (SSSR count). The average Bonchev–Trinajstić information content (AvgIpc) is 2.94. The quantitative estimate of drug-likeness (QED) is 0.528. The molecule has 8 heteroatoms. The smallest absolute Gasteiger partial charge is 0.235 e. The lowest BCUT2D eigenvalue weighted by atomic mass is 10.0. The van der Waals surface area contributed by atoms with Gasteiger partial charge in [0, 0.05) is 29.6 Å². The van der Waals surface area contributed by atoms with Gasteiger partial charge in [-0.25, -0.2) is 10.9 Å². The van der Waals surface area contributed by atoms with E-state index >= 15 is 0 Å². The molecule has 1 aromatic carbocycles. The lowest BCUT2D eigenvalue weighted by Crippen LogP contribution is -2.47. The molecule has 1 heterocycles. The average molecular weight is 392 g/mol. The number of rotatable bonds is 7. The van der Waals surface area contributed by atoms with Gasteiger partial charge in [0.2, 0.25) is 5.91 Å². The molecule has 1 saturated heterocycles. The first-order valence-electron chi connectivity index (χ1n) is 7.05. The molecule has 0 bridgehead atoms. The van der Waals surface area contributed by atoms with Crippen LogP contribution in [0, 0.1) is 0 Å². The van der Waals surface area contributed by atoms with Crippen molar-refractivity contribution in [2.75, 3.05) is 26.8 Å². The molecule has 2 atom stereocenters. The molecular formula is C14H20BrClN4O2. The minimum Gasteiger partial charge on any atom is -0.383 e. The molecule has 0 saturated carbocycles. The van der Waals surface area contributed by atoms with Gasteiger partial charge in [-0.3, -0.25) is 4.79 Å². The number of hydrogen-bond acceptors (Lipinski definition) is 5. The van der Waals surface area contributed by atoms with Crippen molar-refractivity contribution in [2.45, 2.75) is 18.6 Å². The van der Waals surface area contributed by atoms with Crippen LogP contribution in [0.1, 0.15) is 18.0 Å². The largest absolute Gasteiger partial charge is 0.383 e. The minimum absolute atomic E-state index is 0.0525. The fraction of sp³-hybridized carbons (Fsp3) is 0.500. The Hall–Kier alpha value is -0.700. The van der Waals surface area contributed by atoms with Crippen molar-refractivity contribution < 1.29 is 9.53 Å². The normalized spacial score (nSPS) is 21.0. The number of ether oxygens (including phenoxy) is 1. The Labute approximate surface area is 143 Å². The Morgan fingerprint density at radius 2 is 2.32 bits per heavy atom. The highest BCUT2D eigenvalue weighted by Crippen LogP contribution is 2.30. The van der Waals surface area contributed by atoms with E-state index in [4.69, 9.17) is 16.3 Å². The van der Waals surface area contributed by atoms with E-state index < -0.39 is 0 Å². The highest BCUT2D eigenvalue weighted by molar-refractivity contribution is 9.10. The van der Waals surface area contributed by atoms with Crippen LogP contribution < -0.4 is 21.5 Å². The van der Waals surface area contributed by atoms with Crippen LogP contribution in [0.25, 0.3) is 0 Å². The first kappa shape index (κ1) is 17.7. The zero-order valence-electron chi connectivity index (χ0n) is 12.3. The summed E-state index contributed by atoms with van der Waals surface area (Å²) >= 11 is 9.68. The number of carbonyl (C=O) groups excluding carboxylic acids is 1. The highest BCUT2D eigenvalue weighted by Gasteiger charge is 2.27. The van der Waals surface area contributed by atoms with E-state index in [1.165, 1.54) is 0 Å². The molecule has 122 valence electrons. The summed E-state index contributed by atoms with van der Waals surface area (Å²) in [6.45, 7) is 1.50. The summed E-state index contributed by atoms with van der Waals surface area (Å²) in [5.41, 5.74) is 7.24. The van der Waals surface area contributed by atoms with Crippen LogP contribution in [0.4, 0.5) is 0 Å². The lowest BCUT2D eigenvalue weighted by molar-refractivity contribution is -0.121. The van der Waals surface area contributed by atoms with Gasteiger partial charge < -0.3 is 15.4 Å². The van der Waals surface area contributed by atoms with Gasteiger partial charge in [-0.1, -0.05) is 27.5 Å². The molecule has 4 N–H and O–H groups in total. The second-order valence-electron chi connectivity index (χ2n) is 5.03. The van der Waals surface area contributed by atoms with Crippen LogP contribution >= 0.6 is 27.5 Å². The van der Waals surface area contributed by atoms with Crippen molar-refractivity contribution in [1.82, 2.24) is 21.5 Å². The van der Waals surface area contributed by atoms with Crippen molar-refractivity contribution in [1.29, 1.82) is 0 Å². The van der Waals surface area contributed by atoms with E-state index in [1.807, 2.05) is 18.2 Å². The van der Waals surface area contributed by atoms with Crippen molar-refractivity contribution in [3.05, 3.63) is 33.3 Å². The summed E-state index contributed by atoms with van der Waals surface area (Å²) in [6, 6.07) is 5.79. The Morgan fingerprint density at radius 1 is 1.50 bits per heavy atom. The summed E-state index contributed by atoms with van der Waals surface area (Å²) in [4.78, 5) is 11.8. The molecule has 0 aromatic heterocycles. The van der Waals surface area contributed by atoms with Gasteiger partial charge in [0.15, 0.2) is 0 Å². The maximum atomic E-state index is 11.8. The van der Waals surface area contributed by atoms with Gasteiger partial charge in [-0.2, -0.15) is 0 Å². The van der Waals surface area contributed by atoms with Gasteiger partial charge in [-0.05, 0) is 23.8 Å². The van der Waals surface area contributed by atoms with Crippen molar-refractivity contribution in [3.63, 3.8) is 0 Å². The Morgan fingerprint density at radius 3 is 3.09 bits per heavy atom. The number of methoxy groups -OCH3 is 1. The number of amides is 1. The van der Waals surface area contributed by atoms with E-state index in [0.717, 1.165) is 16.5 Å². The molecule has 1 amide bonds. The number of hydrogen-bond donors (Lipinski definition) is 4. The topological polar surface area (TPSA) is 74.4 Å². The summed E-state index contributed by atoms with van der Waals surface area (Å²) in [5.74, 6) is -0.0589. The van der Waals surface area contributed by atoms with E-state index in [0.29, 0.717) is 18.2 Å². The number of hydrazine groups is 1. The standard InChI is InChI=1S/C14H20BrClN4O2/c1-22-5-4-17-8-14(21)18-13-7-12(19-20-13)10-6-9(15)2-3-11(10)16/h2-3,6,12-13,17,19-20H,4-5,7-8H2,1H3,(H,18,21). The van der Waals surface area contributed by atoms with E-state index in [2.05, 4.69) is 37.4 Å². The summed E-state index contributed by atoms with van der Waals surface area (Å²) in [5, 5.41) is 6.63. The highest BCUT2D eigenvalue weighted by atomic mass is 79.9. The summed E-state index contributed by atoms with van der Waals surface area (Å²) in [7, 11) is 1.63. The van der Waals surface area contributed by atoms with Crippen molar-refractivity contribution in [3.8, 4) is 0 Å². The Bertz CT molecular complexity index is 518. The Balaban J connectivity index is 1.80. The fourth-order valence-corrected chi connectivity index (χ4v) is 2.89. The third kappa shape index (κ3) is 5.19. The number of carbonyl (C=O) groups is 1. The van der Waals surface area contributed by atoms with E-state index in [1.54, 1.807) is 7.11 Å². The first-order valence-corrected chi connectivity index (χ1v) is 8.22. The SMILES string of the molecule is COCCNCC(=O)NC1CC(c2cc(Br)ccc2Cl)NN1. The molecule has 2 unspecified atom stereocenters. The second kappa shape index (κ2) is 8.81. The second-order valence-corrected chi connectivity index (χ2v) is 6.36. The van der Waals surface area contributed by atoms with Crippen LogP contribution in [-0.4, -0.2) is 38.9 Å². The zero-order chi connectivity index (χ0) is 15.9. The molecule has 1 aromatic rings. The minimum atomic E-state index is -0.128. The zero-order valence-corrected chi connectivity index (χ0v) is 14.6. The summed E-state index contributed by atoms with van der Waals surface area (Å²) < 4.78 is 5.88. The van der Waals surface area contributed by atoms with Gasteiger partial charge in [0.25, 0.3) is 0 Å². The molecule has 1 aliphatic heterocycles. The molecule has 22 heavy (non-hydrogen) atoms. The van der Waals surface area contributed by atoms with Gasteiger partial charge in [-0.15, -0.1) is 0 Å². The summed E-state index contributed by atoms with van der Waals surface area (Å²) in [6.07, 6.45) is 0.594. The van der Waals surface area contributed by atoms with Crippen molar-refractivity contribution in [2.24, 2.45) is 0 Å². The van der Waals surface area contributed by atoms with Crippen LogP contribution in [0.2, 0.25) is 5.02 Å². The van der Waals surface area contributed by atoms with Gasteiger partial charge in [0.1, 0.15) is 0 Å².